The van der Waals surface area contributed by atoms with Gasteiger partial charge in [0, 0.05) is 19.6 Å². The number of fused-ring (bicyclic) bond motifs is 2. The normalized spacial score (nSPS) is 17.9. The van der Waals surface area contributed by atoms with Crippen molar-refractivity contribution in [1.82, 2.24) is 9.71 Å². The predicted octanol–water partition coefficient (Wildman–Crippen LogP) is 4.37. The zero-order valence-corrected chi connectivity index (χ0v) is 18.6. The van der Waals surface area contributed by atoms with Crippen molar-refractivity contribution in [3.8, 4) is 0 Å². The molecule has 0 spiro atoms. The zero-order chi connectivity index (χ0) is 20.6. The van der Waals surface area contributed by atoms with Crippen LogP contribution >= 0.6 is 11.3 Å². The van der Waals surface area contributed by atoms with Crippen LogP contribution in [0.3, 0.4) is 0 Å². The summed E-state index contributed by atoms with van der Waals surface area (Å²) in [5, 5.41) is 1.07. The molecule has 0 atom stereocenters. The molecule has 30 heavy (non-hydrogen) atoms. The van der Waals surface area contributed by atoms with E-state index in [0.29, 0.717) is 17.4 Å². The van der Waals surface area contributed by atoms with Gasteiger partial charge in [-0.05, 0) is 79.8 Å². The molecule has 1 saturated heterocycles. The molecule has 2 aliphatic rings. The lowest BCUT2D eigenvalue weighted by Gasteiger charge is -2.31. The zero-order valence-electron chi connectivity index (χ0n) is 17.0. The summed E-state index contributed by atoms with van der Waals surface area (Å²) in [6, 6.07) is 13.9. The number of benzene rings is 2. The summed E-state index contributed by atoms with van der Waals surface area (Å²) in [6.07, 6.45) is 6.36. The van der Waals surface area contributed by atoms with Gasteiger partial charge in [-0.2, -0.15) is 0 Å². The van der Waals surface area contributed by atoms with Gasteiger partial charge < -0.3 is 4.90 Å². The van der Waals surface area contributed by atoms with Gasteiger partial charge >= 0.3 is 0 Å². The largest absolute Gasteiger partial charge is 0.348 e. The van der Waals surface area contributed by atoms with Crippen molar-refractivity contribution >= 4 is 36.7 Å². The highest BCUT2D eigenvalue weighted by molar-refractivity contribution is 7.89. The lowest BCUT2D eigenvalue weighted by Crippen LogP contribution is -2.38. The van der Waals surface area contributed by atoms with Crippen molar-refractivity contribution in [3.63, 3.8) is 0 Å². The smallest absolute Gasteiger partial charge is 0.240 e. The highest BCUT2D eigenvalue weighted by Crippen LogP contribution is 2.31. The molecule has 0 unspecified atom stereocenters. The monoisotopic (exact) mass is 441 g/mol. The Balaban J connectivity index is 1.18. The van der Waals surface area contributed by atoms with Crippen molar-refractivity contribution in [3.05, 3.63) is 53.6 Å². The van der Waals surface area contributed by atoms with E-state index in [1.807, 2.05) is 24.3 Å². The fourth-order valence-electron chi connectivity index (χ4n) is 4.51. The molecule has 1 fully saturated rings. The predicted molar refractivity (Wildman–Crippen MR) is 123 cm³/mol. The highest BCUT2D eigenvalue weighted by Gasteiger charge is 2.24. The number of hydrogen-bond donors (Lipinski definition) is 1. The molecule has 158 valence electrons. The van der Waals surface area contributed by atoms with Crippen LogP contribution in [0.4, 0.5) is 5.13 Å². The molecule has 3 aromatic rings. The number of sulfonamides is 1. The molecule has 0 radical (unpaired) electrons. The number of anilines is 1. The number of rotatable bonds is 5. The molecule has 5 nitrogen and oxygen atoms in total. The van der Waals surface area contributed by atoms with Crippen molar-refractivity contribution < 1.29 is 8.42 Å². The van der Waals surface area contributed by atoms with Crippen LogP contribution in [0, 0.1) is 5.92 Å². The Labute approximate surface area is 182 Å². The van der Waals surface area contributed by atoms with Crippen molar-refractivity contribution in [1.29, 1.82) is 0 Å². The van der Waals surface area contributed by atoms with E-state index in [2.05, 4.69) is 21.8 Å². The fraction of sp³-hybridized carbons (Fsp3) is 0.435. The average molecular weight is 442 g/mol. The van der Waals surface area contributed by atoms with Gasteiger partial charge in [0.25, 0.3) is 0 Å². The van der Waals surface area contributed by atoms with Gasteiger partial charge in [0.1, 0.15) is 0 Å². The highest BCUT2D eigenvalue weighted by atomic mass is 32.2. The molecule has 7 heteroatoms. The van der Waals surface area contributed by atoms with Crippen LogP contribution in [0.15, 0.2) is 47.4 Å². The van der Waals surface area contributed by atoms with E-state index in [-0.39, 0.29) is 0 Å². The molecule has 1 aliphatic carbocycles. The van der Waals surface area contributed by atoms with Gasteiger partial charge in [0.15, 0.2) is 5.13 Å². The lowest BCUT2D eigenvalue weighted by atomic mass is 9.92. The summed E-state index contributed by atoms with van der Waals surface area (Å²) >= 11 is 1.73. The van der Waals surface area contributed by atoms with Crippen LogP contribution in [0.5, 0.6) is 0 Å². The number of thiazole rings is 1. The maximum atomic E-state index is 12.8. The molecule has 1 aromatic heterocycles. The van der Waals surface area contributed by atoms with Gasteiger partial charge in [-0.1, -0.05) is 29.5 Å². The molecule has 1 aliphatic heterocycles. The molecule has 0 saturated carbocycles. The summed E-state index contributed by atoms with van der Waals surface area (Å²) in [7, 11) is -3.45. The first-order valence-corrected chi connectivity index (χ1v) is 13.1. The molecular weight excluding hydrogens is 414 g/mol. The van der Waals surface area contributed by atoms with E-state index in [9.17, 15) is 8.42 Å². The SMILES string of the molecule is O=S(=O)(NCC1CCN(c2nc3ccccc3s2)CC1)c1ccc2c(c1)CCCC2. The Bertz CT molecular complexity index is 1120. The lowest BCUT2D eigenvalue weighted by molar-refractivity contribution is 0.402. The van der Waals surface area contributed by atoms with E-state index in [4.69, 9.17) is 4.98 Å². The standard InChI is InChI=1S/C23H27N3O2S2/c27-30(28,20-10-9-18-5-1-2-6-19(18)15-20)24-16-17-11-13-26(14-12-17)23-25-21-7-3-4-8-22(21)29-23/h3-4,7-10,15,17,24H,1-2,5-6,11-14,16H2. The molecule has 0 amide bonds. The summed E-state index contributed by atoms with van der Waals surface area (Å²) in [4.78, 5) is 7.50. The van der Waals surface area contributed by atoms with Crippen molar-refractivity contribution in [2.24, 2.45) is 5.92 Å². The second-order valence-electron chi connectivity index (χ2n) is 8.38. The molecule has 2 aromatic carbocycles. The van der Waals surface area contributed by atoms with Gasteiger partial charge in [-0.15, -0.1) is 0 Å². The van der Waals surface area contributed by atoms with Crippen molar-refractivity contribution in [2.45, 2.75) is 43.4 Å². The number of aromatic nitrogens is 1. The number of para-hydroxylation sites is 1. The van der Waals surface area contributed by atoms with Crippen LogP contribution in [0.2, 0.25) is 0 Å². The first-order chi connectivity index (χ1) is 14.6. The third-order valence-electron chi connectivity index (χ3n) is 6.36. The minimum atomic E-state index is -3.45. The maximum absolute atomic E-state index is 12.8. The number of nitrogens with zero attached hydrogens (tertiary/aromatic N) is 2. The molecule has 5 rings (SSSR count). The van der Waals surface area contributed by atoms with E-state index in [0.717, 1.165) is 55.8 Å². The summed E-state index contributed by atoms with van der Waals surface area (Å²) in [5.41, 5.74) is 3.56. The first-order valence-electron chi connectivity index (χ1n) is 10.8. The number of piperidine rings is 1. The van der Waals surface area contributed by atoms with E-state index in [1.54, 1.807) is 17.4 Å². The maximum Gasteiger partial charge on any atom is 0.240 e. The Kier molecular flexibility index (Phi) is 5.52. The topological polar surface area (TPSA) is 62.3 Å². The van der Waals surface area contributed by atoms with Gasteiger partial charge in [0.2, 0.25) is 10.0 Å². The summed E-state index contributed by atoms with van der Waals surface area (Å²) in [6.45, 7) is 2.35. The minimum absolute atomic E-state index is 0.364. The summed E-state index contributed by atoms with van der Waals surface area (Å²) in [5.74, 6) is 0.364. The van der Waals surface area contributed by atoms with Crippen LogP contribution in [-0.4, -0.2) is 33.0 Å². The average Bonchev–Trinajstić information content (AvgIpc) is 3.22. The van der Waals surface area contributed by atoms with Crippen molar-refractivity contribution in [2.75, 3.05) is 24.5 Å². The Morgan fingerprint density at radius 1 is 1.03 bits per heavy atom. The number of aryl methyl sites for hydroxylation is 2. The molecule has 0 bridgehead atoms. The Morgan fingerprint density at radius 3 is 2.60 bits per heavy atom. The van der Waals surface area contributed by atoms with Crippen LogP contribution in [0.1, 0.15) is 36.8 Å². The Hall–Kier alpha value is -1.96. The number of nitrogens with one attached hydrogen (secondary N) is 1. The van der Waals surface area contributed by atoms with E-state index in [1.165, 1.54) is 22.2 Å². The van der Waals surface area contributed by atoms with Gasteiger partial charge in [-0.25, -0.2) is 18.1 Å². The van der Waals surface area contributed by atoms with Crippen LogP contribution in [0.25, 0.3) is 10.2 Å². The van der Waals surface area contributed by atoms with Gasteiger partial charge in [0.05, 0.1) is 15.1 Å². The van der Waals surface area contributed by atoms with E-state index < -0.39 is 10.0 Å². The Morgan fingerprint density at radius 2 is 1.80 bits per heavy atom. The summed E-state index contributed by atoms with van der Waals surface area (Å²) < 4.78 is 29.7. The van der Waals surface area contributed by atoms with Crippen LogP contribution < -0.4 is 9.62 Å². The molecular formula is C23H27N3O2S2. The first kappa shape index (κ1) is 20.0. The quantitative estimate of drug-likeness (QED) is 0.639. The second kappa shape index (κ2) is 8.29. The molecule has 2 heterocycles. The number of hydrogen-bond acceptors (Lipinski definition) is 5. The second-order valence-corrected chi connectivity index (χ2v) is 11.2. The van der Waals surface area contributed by atoms with Gasteiger partial charge in [-0.3, -0.25) is 0 Å². The third kappa shape index (κ3) is 4.11. The fourth-order valence-corrected chi connectivity index (χ4v) is 6.70. The minimum Gasteiger partial charge on any atom is -0.348 e. The molecule has 1 N–H and O–H groups in total. The third-order valence-corrected chi connectivity index (χ3v) is 8.88. The van der Waals surface area contributed by atoms with E-state index >= 15 is 0 Å². The van der Waals surface area contributed by atoms with Crippen LogP contribution in [-0.2, 0) is 22.9 Å².